The molecule has 1 saturated heterocycles. The number of rotatable bonds is 5. The Morgan fingerprint density at radius 1 is 1.29 bits per heavy atom. The fourth-order valence-electron chi connectivity index (χ4n) is 2.25. The lowest BCUT2D eigenvalue weighted by Crippen LogP contribution is -2.44. The summed E-state index contributed by atoms with van der Waals surface area (Å²) in [6.07, 6.45) is 2.16. The number of Topliss-reactive ketones (excluding diaryl/α,β-unsaturated/α-hetero) is 1. The van der Waals surface area contributed by atoms with Crippen LogP contribution < -0.4 is 0 Å². The van der Waals surface area contributed by atoms with E-state index >= 15 is 0 Å². The van der Waals surface area contributed by atoms with Gasteiger partial charge in [-0.2, -0.15) is 0 Å². The van der Waals surface area contributed by atoms with Crippen LogP contribution in [0.15, 0.2) is 0 Å². The molecule has 1 aliphatic heterocycles. The number of hydrogen-bond acceptors (Lipinski definition) is 4. The first-order valence-corrected chi connectivity index (χ1v) is 7.58. The lowest BCUT2D eigenvalue weighted by atomic mass is 9.85. The van der Waals surface area contributed by atoms with E-state index in [1.807, 2.05) is 0 Å². The van der Waals surface area contributed by atoms with E-state index < -0.39 is 11.4 Å². The molecule has 0 radical (unpaired) electrons. The molecule has 0 saturated carbocycles. The van der Waals surface area contributed by atoms with Gasteiger partial charge in [-0.15, -0.1) is 0 Å². The van der Waals surface area contributed by atoms with Gasteiger partial charge in [-0.3, -0.25) is 14.4 Å². The van der Waals surface area contributed by atoms with Gasteiger partial charge in [0.1, 0.15) is 5.41 Å². The predicted molar refractivity (Wildman–Crippen MR) is 79.6 cm³/mol. The van der Waals surface area contributed by atoms with Crippen LogP contribution in [0.2, 0.25) is 0 Å². The van der Waals surface area contributed by atoms with Gasteiger partial charge in [0.05, 0.1) is 13.2 Å². The van der Waals surface area contributed by atoms with Crippen molar-refractivity contribution in [3.63, 3.8) is 0 Å². The van der Waals surface area contributed by atoms with Gasteiger partial charge >= 0.3 is 5.97 Å². The number of carbonyl (C=O) groups excluding carboxylic acids is 3. The van der Waals surface area contributed by atoms with Crippen molar-refractivity contribution in [3.8, 4) is 0 Å². The molecule has 1 rings (SSSR count). The van der Waals surface area contributed by atoms with Crippen LogP contribution in [0.4, 0.5) is 0 Å². The molecular weight excluding hydrogens is 270 g/mol. The van der Waals surface area contributed by atoms with Crippen LogP contribution in [0.1, 0.15) is 53.9 Å². The number of ether oxygens (including phenoxy) is 1. The molecule has 120 valence electrons. The van der Waals surface area contributed by atoms with E-state index in [1.54, 1.807) is 25.7 Å². The normalized spacial score (nSPS) is 19.1. The van der Waals surface area contributed by atoms with Gasteiger partial charge in [0.25, 0.3) is 0 Å². The van der Waals surface area contributed by atoms with E-state index in [-0.39, 0.29) is 30.3 Å². The second-order valence-electron chi connectivity index (χ2n) is 7.00. The monoisotopic (exact) mass is 297 g/mol. The zero-order valence-electron chi connectivity index (χ0n) is 13.8. The van der Waals surface area contributed by atoms with Crippen molar-refractivity contribution >= 4 is 17.7 Å². The average Bonchev–Trinajstić information content (AvgIpc) is 2.52. The number of amides is 1. The van der Waals surface area contributed by atoms with E-state index in [4.69, 9.17) is 4.74 Å². The Balaban J connectivity index is 2.73. The van der Waals surface area contributed by atoms with Crippen LogP contribution in [-0.2, 0) is 19.1 Å². The minimum Gasteiger partial charge on any atom is -0.465 e. The predicted octanol–water partition coefficient (Wildman–Crippen LogP) is 2.18. The van der Waals surface area contributed by atoms with Crippen molar-refractivity contribution < 1.29 is 19.1 Å². The fourth-order valence-corrected chi connectivity index (χ4v) is 2.25. The SMILES string of the molecule is CCOC(=O)C(C)(C)C(=O)CN1CCC(C)(C)CCC1=O. The molecule has 1 aliphatic rings. The highest BCUT2D eigenvalue weighted by Crippen LogP contribution is 2.30. The molecule has 0 aromatic heterocycles. The first-order chi connectivity index (χ1) is 9.60. The number of esters is 1. The summed E-state index contributed by atoms with van der Waals surface area (Å²) in [5, 5.41) is 0. The Labute approximate surface area is 127 Å². The van der Waals surface area contributed by atoms with E-state index in [0.717, 1.165) is 12.8 Å². The lowest BCUT2D eigenvalue weighted by Gasteiger charge is -2.27. The zero-order chi connectivity index (χ0) is 16.3. The third-order valence-corrected chi connectivity index (χ3v) is 4.24. The fraction of sp³-hybridized carbons (Fsp3) is 0.812. The maximum Gasteiger partial charge on any atom is 0.319 e. The molecule has 0 N–H and O–H groups in total. The molecule has 0 spiro atoms. The maximum atomic E-state index is 12.4. The molecule has 0 bridgehead atoms. The first kappa shape index (κ1) is 17.7. The number of hydrogen-bond donors (Lipinski definition) is 0. The van der Waals surface area contributed by atoms with Crippen molar-refractivity contribution in [1.82, 2.24) is 4.90 Å². The van der Waals surface area contributed by atoms with E-state index in [9.17, 15) is 14.4 Å². The highest BCUT2D eigenvalue weighted by Gasteiger charge is 2.39. The van der Waals surface area contributed by atoms with Crippen LogP contribution in [-0.4, -0.2) is 42.3 Å². The Kier molecular flexibility index (Phi) is 5.54. The second-order valence-corrected chi connectivity index (χ2v) is 7.00. The van der Waals surface area contributed by atoms with Crippen molar-refractivity contribution in [2.45, 2.75) is 53.9 Å². The Morgan fingerprint density at radius 3 is 2.48 bits per heavy atom. The van der Waals surface area contributed by atoms with Gasteiger partial charge in [0.2, 0.25) is 5.91 Å². The summed E-state index contributed by atoms with van der Waals surface area (Å²) < 4.78 is 4.94. The molecular formula is C16H27NO4. The molecule has 1 amide bonds. The van der Waals surface area contributed by atoms with Gasteiger partial charge in [0.15, 0.2) is 5.78 Å². The van der Waals surface area contributed by atoms with Crippen molar-refractivity contribution in [2.75, 3.05) is 19.7 Å². The van der Waals surface area contributed by atoms with Gasteiger partial charge < -0.3 is 9.64 Å². The third-order valence-electron chi connectivity index (χ3n) is 4.24. The highest BCUT2D eigenvalue weighted by molar-refractivity contribution is 6.04. The molecule has 1 fully saturated rings. The van der Waals surface area contributed by atoms with Gasteiger partial charge in [-0.25, -0.2) is 0 Å². The zero-order valence-corrected chi connectivity index (χ0v) is 13.8. The number of likely N-dealkylation sites (tertiary alicyclic amines) is 1. The summed E-state index contributed by atoms with van der Waals surface area (Å²) in [5.41, 5.74) is -1.10. The number of carbonyl (C=O) groups is 3. The summed E-state index contributed by atoms with van der Waals surface area (Å²) in [7, 11) is 0. The summed E-state index contributed by atoms with van der Waals surface area (Å²) in [6.45, 7) is 9.88. The minimum absolute atomic E-state index is 0.00594. The number of ketones is 1. The smallest absolute Gasteiger partial charge is 0.319 e. The quantitative estimate of drug-likeness (QED) is 0.576. The molecule has 5 nitrogen and oxygen atoms in total. The van der Waals surface area contributed by atoms with E-state index in [1.165, 1.54) is 0 Å². The van der Waals surface area contributed by atoms with Crippen molar-refractivity contribution in [2.24, 2.45) is 10.8 Å². The van der Waals surface area contributed by atoms with Crippen LogP contribution in [0, 0.1) is 10.8 Å². The van der Waals surface area contributed by atoms with E-state index in [2.05, 4.69) is 13.8 Å². The van der Waals surface area contributed by atoms with Crippen LogP contribution in [0.3, 0.4) is 0 Å². The molecule has 0 atom stereocenters. The average molecular weight is 297 g/mol. The summed E-state index contributed by atoms with van der Waals surface area (Å²) in [6, 6.07) is 0. The second kappa shape index (κ2) is 6.58. The maximum absolute atomic E-state index is 12.4. The van der Waals surface area contributed by atoms with Crippen LogP contribution in [0.25, 0.3) is 0 Å². The minimum atomic E-state index is -1.21. The largest absolute Gasteiger partial charge is 0.465 e. The Morgan fingerprint density at radius 2 is 1.90 bits per heavy atom. The molecule has 1 heterocycles. The highest BCUT2D eigenvalue weighted by atomic mass is 16.5. The van der Waals surface area contributed by atoms with Crippen molar-refractivity contribution in [3.05, 3.63) is 0 Å². The Bertz CT molecular complexity index is 426. The standard InChI is InChI=1S/C16H27NO4/c1-6-21-14(20)16(4,5)12(18)11-17-10-9-15(2,3)8-7-13(17)19/h6-11H2,1-5H3. The summed E-state index contributed by atoms with van der Waals surface area (Å²) in [5.74, 6) is -0.805. The van der Waals surface area contributed by atoms with E-state index in [0.29, 0.717) is 13.0 Å². The molecule has 0 aromatic rings. The lowest BCUT2D eigenvalue weighted by molar-refractivity contribution is -0.159. The Hall–Kier alpha value is -1.39. The van der Waals surface area contributed by atoms with Crippen LogP contribution in [0.5, 0.6) is 0 Å². The van der Waals surface area contributed by atoms with Gasteiger partial charge in [-0.1, -0.05) is 13.8 Å². The van der Waals surface area contributed by atoms with Crippen molar-refractivity contribution in [1.29, 1.82) is 0 Å². The third kappa shape index (κ3) is 4.55. The topological polar surface area (TPSA) is 63.7 Å². The molecule has 0 unspecified atom stereocenters. The first-order valence-electron chi connectivity index (χ1n) is 7.58. The molecule has 0 aliphatic carbocycles. The molecule has 5 heteroatoms. The summed E-state index contributed by atoms with van der Waals surface area (Å²) in [4.78, 5) is 37.9. The summed E-state index contributed by atoms with van der Waals surface area (Å²) >= 11 is 0. The number of nitrogens with zero attached hydrogens (tertiary/aromatic N) is 1. The van der Waals surface area contributed by atoms with Gasteiger partial charge in [0, 0.05) is 13.0 Å². The molecule has 0 aromatic carbocycles. The molecule has 21 heavy (non-hydrogen) atoms. The van der Waals surface area contributed by atoms with Gasteiger partial charge in [-0.05, 0) is 39.0 Å². The van der Waals surface area contributed by atoms with Crippen LogP contribution >= 0.6 is 0 Å².